The van der Waals surface area contributed by atoms with Crippen molar-refractivity contribution in [3.8, 4) is 11.1 Å². The maximum absolute atomic E-state index is 14.7. The number of benzene rings is 3. The SMILES string of the molecule is [C-]#[N+]c1ccc(-c2ccc(Cn3ccc4c(F)ccc(C(=O)CC5CC6(C5)CC(C(=O)O)C6)c43)cc2)cc1. The summed E-state index contributed by atoms with van der Waals surface area (Å²) in [5, 5.41) is 9.61. The molecule has 0 aliphatic heterocycles. The van der Waals surface area contributed by atoms with Crippen LogP contribution < -0.4 is 0 Å². The summed E-state index contributed by atoms with van der Waals surface area (Å²) in [6.07, 6.45) is 5.50. The summed E-state index contributed by atoms with van der Waals surface area (Å²) in [5.74, 6) is -1.01. The number of nitrogens with zero attached hydrogens (tertiary/aromatic N) is 2. The number of carboxylic acids is 1. The molecule has 1 heterocycles. The lowest BCUT2D eigenvalue weighted by molar-refractivity contribution is -0.157. The third kappa shape index (κ3) is 4.28. The van der Waals surface area contributed by atoms with E-state index < -0.39 is 5.97 Å². The van der Waals surface area contributed by atoms with Crippen molar-refractivity contribution >= 4 is 28.3 Å². The van der Waals surface area contributed by atoms with Gasteiger partial charge in [-0.3, -0.25) is 9.59 Å². The van der Waals surface area contributed by atoms with Gasteiger partial charge in [0.25, 0.3) is 0 Å². The minimum absolute atomic E-state index is 0.0158. The third-order valence-corrected chi connectivity index (χ3v) is 8.43. The van der Waals surface area contributed by atoms with E-state index in [1.165, 1.54) is 6.07 Å². The molecule has 0 radical (unpaired) electrons. The van der Waals surface area contributed by atoms with Crippen LogP contribution in [0.3, 0.4) is 0 Å². The van der Waals surface area contributed by atoms with Gasteiger partial charge in [-0.25, -0.2) is 9.24 Å². The summed E-state index contributed by atoms with van der Waals surface area (Å²) in [4.78, 5) is 27.9. The first-order chi connectivity index (χ1) is 18.3. The number of carbonyl (C=O) groups is 2. The van der Waals surface area contributed by atoms with Crippen LogP contribution in [0.4, 0.5) is 10.1 Å². The fraction of sp³-hybridized carbons (Fsp3) is 0.281. The number of halogens is 1. The van der Waals surface area contributed by atoms with Crippen LogP contribution in [0.15, 0.2) is 72.9 Å². The largest absolute Gasteiger partial charge is 0.481 e. The Morgan fingerprint density at radius 3 is 2.24 bits per heavy atom. The predicted octanol–water partition coefficient (Wildman–Crippen LogP) is 7.51. The third-order valence-electron chi connectivity index (χ3n) is 8.43. The molecule has 1 N–H and O–H groups in total. The Labute approximate surface area is 220 Å². The first-order valence-electron chi connectivity index (χ1n) is 12.9. The summed E-state index contributed by atoms with van der Waals surface area (Å²) >= 11 is 0. The van der Waals surface area contributed by atoms with E-state index in [1.807, 2.05) is 47.2 Å². The maximum Gasteiger partial charge on any atom is 0.306 e. The molecule has 0 atom stereocenters. The van der Waals surface area contributed by atoms with E-state index in [4.69, 9.17) is 11.7 Å². The molecule has 2 aliphatic rings. The van der Waals surface area contributed by atoms with Crippen molar-refractivity contribution in [2.24, 2.45) is 17.3 Å². The Morgan fingerprint density at radius 1 is 0.947 bits per heavy atom. The molecule has 190 valence electrons. The van der Waals surface area contributed by atoms with Gasteiger partial charge in [0.15, 0.2) is 11.5 Å². The number of carboxylic acid groups (broad SMARTS) is 1. The number of carbonyl (C=O) groups excluding carboxylic acids is 1. The van der Waals surface area contributed by atoms with Crippen molar-refractivity contribution in [1.82, 2.24) is 4.57 Å². The zero-order valence-corrected chi connectivity index (χ0v) is 20.9. The molecule has 2 fully saturated rings. The zero-order valence-electron chi connectivity index (χ0n) is 20.9. The normalized spacial score (nSPS) is 22.0. The van der Waals surface area contributed by atoms with Gasteiger partial charge in [-0.05, 0) is 71.9 Å². The highest BCUT2D eigenvalue weighted by molar-refractivity contribution is 6.07. The molecule has 0 unspecified atom stereocenters. The van der Waals surface area contributed by atoms with Crippen molar-refractivity contribution in [2.75, 3.05) is 0 Å². The second-order valence-corrected chi connectivity index (χ2v) is 11.0. The van der Waals surface area contributed by atoms with Crippen LogP contribution in [0.2, 0.25) is 0 Å². The van der Waals surface area contributed by atoms with Gasteiger partial charge in [0.2, 0.25) is 0 Å². The van der Waals surface area contributed by atoms with Gasteiger partial charge in [-0.15, -0.1) is 0 Å². The lowest BCUT2D eigenvalue weighted by atomic mass is 9.47. The molecule has 1 aromatic heterocycles. The molecule has 6 rings (SSSR count). The molecule has 2 saturated carbocycles. The Bertz CT molecular complexity index is 1580. The quantitative estimate of drug-likeness (QED) is 0.208. The van der Waals surface area contributed by atoms with Gasteiger partial charge < -0.3 is 9.67 Å². The monoisotopic (exact) mass is 506 g/mol. The van der Waals surface area contributed by atoms with Gasteiger partial charge in [0.1, 0.15) is 5.82 Å². The van der Waals surface area contributed by atoms with Crippen LogP contribution in [0.5, 0.6) is 0 Å². The standard InChI is InChI=1S/C32H27FN2O3/c1-34-25-8-6-23(7-9-25)22-4-2-20(3-5-22)19-35-13-12-26-28(33)11-10-27(30(26)35)29(36)14-21-15-32(16-21)17-24(18-32)31(37)38/h2-13,21,24H,14-19H2,(H,37,38). The van der Waals surface area contributed by atoms with E-state index >= 15 is 0 Å². The Hall–Kier alpha value is -4.24. The number of Topliss-reactive ketones (excluding diaryl/α,β-unsaturated/α-hetero) is 1. The number of ketones is 1. The first-order valence-corrected chi connectivity index (χ1v) is 12.9. The second-order valence-electron chi connectivity index (χ2n) is 11.0. The van der Waals surface area contributed by atoms with E-state index in [0.29, 0.717) is 35.1 Å². The Kier molecular flexibility index (Phi) is 5.87. The van der Waals surface area contributed by atoms with Crippen molar-refractivity contribution < 1.29 is 19.1 Å². The minimum atomic E-state index is -0.713. The second kappa shape index (κ2) is 9.25. The fourth-order valence-corrected chi connectivity index (χ4v) is 6.55. The average molecular weight is 507 g/mol. The summed E-state index contributed by atoms with van der Waals surface area (Å²) < 4.78 is 16.6. The number of aliphatic carboxylic acids is 1. The molecule has 4 aromatic rings. The number of hydrogen-bond acceptors (Lipinski definition) is 2. The molecule has 0 bridgehead atoms. The van der Waals surface area contributed by atoms with E-state index in [2.05, 4.69) is 4.85 Å². The molecular formula is C32H27FN2O3. The Balaban J connectivity index is 1.18. The summed E-state index contributed by atoms with van der Waals surface area (Å²) in [7, 11) is 0. The lowest BCUT2D eigenvalue weighted by Gasteiger charge is -2.56. The molecule has 6 heteroatoms. The van der Waals surface area contributed by atoms with Gasteiger partial charge >= 0.3 is 5.97 Å². The van der Waals surface area contributed by atoms with Crippen LogP contribution in [-0.2, 0) is 11.3 Å². The Morgan fingerprint density at radius 2 is 1.61 bits per heavy atom. The molecule has 5 nitrogen and oxygen atoms in total. The maximum atomic E-state index is 14.7. The van der Waals surface area contributed by atoms with Crippen molar-refractivity contribution in [3.05, 3.63) is 101 Å². The molecule has 0 saturated heterocycles. The summed E-state index contributed by atoms with van der Waals surface area (Å²) in [5.41, 5.74) is 5.00. The molecule has 1 spiro atoms. The van der Waals surface area contributed by atoms with Gasteiger partial charge in [0.05, 0.1) is 18.0 Å². The van der Waals surface area contributed by atoms with Crippen LogP contribution >= 0.6 is 0 Å². The van der Waals surface area contributed by atoms with E-state index in [-0.39, 0.29) is 28.9 Å². The molecular weight excluding hydrogens is 479 g/mol. The molecule has 38 heavy (non-hydrogen) atoms. The van der Waals surface area contributed by atoms with Crippen LogP contribution in [0.25, 0.3) is 26.9 Å². The first kappa shape index (κ1) is 24.1. The number of rotatable bonds is 7. The van der Waals surface area contributed by atoms with Crippen LogP contribution in [0.1, 0.15) is 48.0 Å². The zero-order chi connectivity index (χ0) is 26.4. The van der Waals surface area contributed by atoms with Crippen molar-refractivity contribution in [2.45, 2.75) is 38.6 Å². The van der Waals surface area contributed by atoms with E-state index in [1.54, 1.807) is 24.3 Å². The highest BCUT2D eigenvalue weighted by Gasteiger charge is 2.54. The number of aromatic nitrogens is 1. The highest BCUT2D eigenvalue weighted by atomic mass is 19.1. The predicted molar refractivity (Wildman–Crippen MR) is 144 cm³/mol. The molecule has 0 amide bonds. The smallest absolute Gasteiger partial charge is 0.306 e. The lowest BCUT2D eigenvalue weighted by Crippen LogP contribution is -2.50. The van der Waals surface area contributed by atoms with E-state index in [9.17, 15) is 14.0 Å². The summed E-state index contributed by atoms with van der Waals surface area (Å²) in [6.45, 7) is 7.61. The van der Waals surface area contributed by atoms with Crippen molar-refractivity contribution in [1.29, 1.82) is 0 Å². The molecule has 2 aliphatic carbocycles. The van der Waals surface area contributed by atoms with Crippen LogP contribution in [-0.4, -0.2) is 21.4 Å². The topological polar surface area (TPSA) is 63.7 Å². The summed E-state index contributed by atoms with van der Waals surface area (Å²) in [6, 6.07) is 20.3. The van der Waals surface area contributed by atoms with E-state index in [0.717, 1.165) is 42.4 Å². The minimum Gasteiger partial charge on any atom is -0.481 e. The highest BCUT2D eigenvalue weighted by Crippen LogP contribution is 2.62. The van der Waals surface area contributed by atoms with Gasteiger partial charge in [-0.2, -0.15) is 0 Å². The number of hydrogen-bond donors (Lipinski definition) is 1. The fourth-order valence-electron chi connectivity index (χ4n) is 6.55. The van der Waals surface area contributed by atoms with Gasteiger partial charge in [-0.1, -0.05) is 48.5 Å². The molecule has 3 aromatic carbocycles. The van der Waals surface area contributed by atoms with Crippen molar-refractivity contribution in [3.63, 3.8) is 0 Å². The number of fused-ring (bicyclic) bond motifs is 1. The van der Waals surface area contributed by atoms with Gasteiger partial charge in [0, 0.05) is 30.1 Å². The van der Waals surface area contributed by atoms with Crippen LogP contribution in [0, 0.1) is 29.6 Å². The average Bonchev–Trinajstić information content (AvgIpc) is 3.29.